The molecule has 0 radical (unpaired) electrons. The number of nitrogens with one attached hydrogen (secondary N) is 1. The first kappa shape index (κ1) is 9.60. The molecule has 1 aromatic rings. The molecule has 0 aliphatic rings. The van der Waals surface area contributed by atoms with E-state index in [4.69, 9.17) is 0 Å². The zero-order valence-corrected chi connectivity index (χ0v) is 8.91. The summed E-state index contributed by atoms with van der Waals surface area (Å²) >= 11 is 4.37. The van der Waals surface area contributed by atoms with Gasteiger partial charge in [-0.15, -0.1) is 0 Å². The molecule has 66 valence electrons. The predicted molar refractivity (Wildman–Crippen MR) is 51.7 cm³/mol. The van der Waals surface area contributed by atoms with Crippen LogP contribution in [0.5, 0.6) is 0 Å². The lowest BCUT2D eigenvalue weighted by Crippen LogP contribution is -2.11. The van der Waals surface area contributed by atoms with Gasteiger partial charge in [0, 0.05) is 23.3 Å². The molecule has 1 aromatic heterocycles. The minimum Gasteiger partial charge on any atom is -0.301 e. The van der Waals surface area contributed by atoms with E-state index in [0.29, 0.717) is 22.7 Å². The molecule has 0 aliphatic carbocycles. The largest absolute Gasteiger partial charge is 0.301 e. The van der Waals surface area contributed by atoms with Gasteiger partial charge in [-0.25, -0.2) is 4.98 Å². The highest BCUT2D eigenvalue weighted by molar-refractivity contribution is 9.09. The second-order valence-electron chi connectivity index (χ2n) is 2.13. The molecular formula is C6H8BrN3OS. The van der Waals surface area contributed by atoms with Crippen LogP contribution in [-0.2, 0) is 4.79 Å². The second kappa shape index (κ2) is 4.51. The number of carbonyl (C=O) groups is 1. The van der Waals surface area contributed by atoms with Crippen LogP contribution in [-0.4, -0.2) is 20.6 Å². The molecule has 1 amide bonds. The van der Waals surface area contributed by atoms with Crippen molar-refractivity contribution in [3.63, 3.8) is 0 Å². The van der Waals surface area contributed by atoms with E-state index in [9.17, 15) is 4.79 Å². The maximum Gasteiger partial charge on any atom is 0.227 e. The molecule has 6 heteroatoms. The van der Waals surface area contributed by atoms with E-state index in [0.717, 1.165) is 0 Å². The zero-order chi connectivity index (χ0) is 8.97. The summed E-state index contributed by atoms with van der Waals surface area (Å²) in [6.07, 6.45) is 0.457. The number of hydrogen-bond donors (Lipinski definition) is 1. The summed E-state index contributed by atoms with van der Waals surface area (Å²) in [7, 11) is 0. The number of halogens is 1. The van der Waals surface area contributed by atoms with Crippen LogP contribution >= 0.6 is 27.5 Å². The summed E-state index contributed by atoms with van der Waals surface area (Å²) in [6.45, 7) is 1.79. The quantitative estimate of drug-likeness (QED) is 0.828. The first-order valence-electron chi connectivity index (χ1n) is 3.38. The van der Waals surface area contributed by atoms with Crippen molar-refractivity contribution in [1.29, 1.82) is 0 Å². The van der Waals surface area contributed by atoms with Crippen molar-refractivity contribution in [3.8, 4) is 0 Å². The van der Waals surface area contributed by atoms with E-state index in [1.807, 2.05) is 0 Å². The summed E-state index contributed by atoms with van der Waals surface area (Å²) in [4.78, 5) is 15.0. The van der Waals surface area contributed by atoms with E-state index in [1.54, 1.807) is 6.92 Å². The van der Waals surface area contributed by atoms with Crippen LogP contribution in [0.15, 0.2) is 0 Å². The fourth-order valence-electron chi connectivity index (χ4n) is 0.615. The molecule has 0 saturated heterocycles. The monoisotopic (exact) mass is 249 g/mol. The highest BCUT2D eigenvalue weighted by atomic mass is 79.9. The maximum absolute atomic E-state index is 11.0. The molecule has 1 rings (SSSR count). The molecule has 0 spiro atoms. The van der Waals surface area contributed by atoms with Crippen LogP contribution in [0.1, 0.15) is 12.2 Å². The van der Waals surface area contributed by atoms with Crippen molar-refractivity contribution >= 4 is 38.5 Å². The Hall–Kier alpha value is -0.490. The highest BCUT2D eigenvalue weighted by Gasteiger charge is 2.04. The molecule has 4 nitrogen and oxygen atoms in total. The third kappa shape index (κ3) is 2.86. The van der Waals surface area contributed by atoms with E-state index < -0.39 is 0 Å². The number of anilines is 1. The van der Waals surface area contributed by atoms with Crippen LogP contribution < -0.4 is 5.32 Å². The standard InChI is InChI=1S/C6H8BrN3OS/c1-4-8-6(12-10-4)9-5(11)2-3-7/h2-3H2,1H3,(H,8,9,10,11). The Bertz CT molecular complexity index is 276. The van der Waals surface area contributed by atoms with E-state index in [-0.39, 0.29) is 5.91 Å². The molecule has 0 aromatic carbocycles. The average Bonchev–Trinajstić information content (AvgIpc) is 2.36. The maximum atomic E-state index is 11.0. The Balaban J connectivity index is 2.46. The van der Waals surface area contributed by atoms with Gasteiger partial charge < -0.3 is 5.32 Å². The van der Waals surface area contributed by atoms with Crippen LogP contribution in [0.3, 0.4) is 0 Å². The van der Waals surface area contributed by atoms with Crippen molar-refractivity contribution in [2.75, 3.05) is 10.6 Å². The van der Waals surface area contributed by atoms with Crippen molar-refractivity contribution in [3.05, 3.63) is 5.82 Å². The number of amides is 1. The molecule has 0 aliphatic heterocycles. The highest BCUT2D eigenvalue weighted by Crippen LogP contribution is 2.10. The van der Waals surface area contributed by atoms with Crippen LogP contribution in [0.4, 0.5) is 5.13 Å². The van der Waals surface area contributed by atoms with Crippen LogP contribution in [0.2, 0.25) is 0 Å². The van der Waals surface area contributed by atoms with Gasteiger partial charge in [0.2, 0.25) is 11.0 Å². The van der Waals surface area contributed by atoms with Gasteiger partial charge in [-0.2, -0.15) is 4.37 Å². The molecule has 0 fully saturated rings. The fraction of sp³-hybridized carbons (Fsp3) is 0.500. The Morgan fingerprint density at radius 2 is 2.50 bits per heavy atom. The smallest absolute Gasteiger partial charge is 0.227 e. The Kier molecular flexibility index (Phi) is 3.61. The topological polar surface area (TPSA) is 54.9 Å². The zero-order valence-electron chi connectivity index (χ0n) is 6.50. The fourth-order valence-corrected chi connectivity index (χ4v) is 1.57. The summed E-state index contributed by atoms with van der Waals surface area (Å²) in [5.41, 5.74) is 0. The molecular weight excluding hydrogens is 242 g/mol. The minimum absolute atomic E-state index is 0.0389. The van der Waals surface area contributed by atoms with E-state index in [2.05, 4.69) is 30.6 Å². The number of nitrogens with zero attached hydrogens (tertiary/aromatic N) is 2. The van der Waals surface area contributed by atoms with Gasteiger partial charge in [-0.05, 0) is 6.92 Å². The SMILES string of the molecule is Cc1nsc(NC(=O)CCBr)n1. The van der Waals surface area contributed by atoms with Crippen LogP contribution in [0.25, 0.3) is 0 Å². The predicted octanol–water partition coefficient (Wildman–Crippen LogP) is 1.57. The normalized spacial score (nSPS) is 9.83. The van der Waals surface area contributed by atoms with Gasteiger partial charge in [-0.3, -0.25) is 4.79 Å². The lowest BCUT2D eigenvalue weighted by Gasteiger charge is -1.96. The molecule has 1 heterocycles. The van der Waals surface area contributed by atoms with Crippen molar-refractivity contribution in [2.45, 2.75) is 13.3 Å². The number of carbonyl (C=O) groups excluding carboxylic acids is 1. The summed E-state index contributed by atoms with van der Waals surface area (Å²) in [5, 5.41) is 3.87. The third-order valence-electron chi connectivity index (χ3n) is 1.10. The number of hydrogen-bond acceptors (Lipinski definition) is 4. The molecule has 0 atom stereocenters. The third-order valence-corrected chi connectivity index (χ3v) is 2.21. The first-order chi connectivity index (χ1) is 5.72. The Morgan fingerprint density at radius 1 is 1.75 bits per heavy atom. The number of aromatic nitrogens is 2. The lowest BCUT2D eigenvalue weighted by atomic mass is 10.5. The summed E-state index contributed by atoms with van der Waals surface area (Å²) < 4.78 is 3.93. The minimum atomic E-state index is -0.0389. The molecule has 0 saturated carbocycles. The van der Waals surface area contributed by atoms with Crippen molar-refractivity contribution in [2.24, 2.45) is 0 Å². The molecule has 12 heavy (non-hydrogen) atoms. The van der Waals surface area contributed by atoms with Gasteiger partial charge in [-0.1, -0.05) is 15.9 Å². The molecule has 1 N–H and O–H groups in total. The number of alkyl halides is 1. The van der Waals surface area contributed by atoms with Gasteiger partial charge >= 0.3 is 0 Å². The second-order valence-corrected chi connectivity index (χ2v) is 3.68. The van der Waals surface area contributed by atoms with Gasteiger partial charge in [0.25, 0.3) is 0 Å². The van der Waals surface area contributed by atoms with Crippen LogP contribution in [0, 0.1) is 6.92 Å². The first-order valence-corrected chi connectivity index (χ1v) is 5.28. The Labute approximate surface area is 82.7 Å². The van der Waals surface area contributed by atoms with Gasteiger partial charge in [0.05, 0.1) is 0 Å². The van der Waals surface area contributed by atoms with E-state index in [1.165, 1.54) is 11.5 Å². The average molecular weight is 250 g/mol. The number of rotatable bonds is 3. The summed E-state index contributed by atoms with van der Waals surface area (Å²) in [6, 6.07) is 0. The van der Waals surface area contributed by atoms with Gasteiger partial charge in [0.1, 0.15) is 5.82 Å². The van der Waals surface area contributed by atoms with E-state index >= 15 is 0 Å². The lowest BCUT2D eigenvalue weighted by molar-refractivity contribution is -0.115. The van der Waals surface area contributed by atoms with Crippen molar-refractivity contribution in [1.82, 2.24) is 9.36 Å². The Morgan fingerprint density at radius 3 is 3.00 bits per heavy atom. The molecule has 0 unspecified atom stereocenters. The van der Waals surface area contributed by atoms with Gasteiger partial charge in [0.15, 0.2) is 0 Å². The molecule has 0 bridgehead atoms. The van der Waals surface area contributed by atoms with Crippen molar-refractivity contribution < 1.29 is 4.79 Å². The summed E-state index contributed by atoms with van der Waals surface area (Å²) in [5.74, 6) is 0.650. The number of aryl methyl sites for hydroxylation is 1.